The van der Waals surface area contributed by atoms with E-state index in [9.17, 15) is 14.4 Å². The Kier molecular flexibility index (Phi) is 4.46. The summed E-state index contributed by atoms with van der Waals surface area (Å²) < 4.78 is 5.66. The van der Waals surface area contributed by atoms with Crippen molar-refractivity contribution in [3.63, 3.8) is 0 Å². The number of halogens is 1. The van der Waals surface area contributed by atoms with Crippen LogP contribution in [0.2, 0.25) is 5.02 Å². The van der Waals surface area contributed by atoms with E-state index in [0.717, 1.165) is 5.56 Å². The highest BCUT2D eigenvalue weighted by Crippen LogP contribution is 2.24. The molecule has 0 bridgehead atoms. The summed E-state index contributed by atoms with van der Waals surface area (Å²) in [4.78, 5) is 35.5. The minimum absolute atomic E-state index is 0.241. The molecule has 3 amide bonds. The number of hydrogen-bond donors (Lipinski definition) is 2. The second kappa shape index (κ2) is 6.57. The summed E-state index contributed by atoms with van der Waals surface area (Å²) in [7, 11) is 0. The topological polar surface area (TPSA) is 84.5 Å². The second-order valence-corrected chi connectivity index (χ2v) is 6.14. The van der Waals surface area contributed by atoms with Gasteiger partial charge in [0.15, 0.2) is 6.10 Å². The van der Waals surface area contributed by atoms with Gasteiger partial charge in [-0.3, -0.25) is 19.7 Å². The zero-order valence-electron chi connectivity index (χ0n) is 13.6. The molecule has 2 aromatic rings. The fourth-order valence-corrected chi connectivity index (χ4v) is 2.71. The van der Waals surface area contributed by atoms with Crippen LogP contribution in [0.5, 0.6) is 5.75 Å². The van der Waals surface area contributed by atoms with Gasteiger partial charge in [0.1, 0.15) is 5.75 Å². The quantitative estimate of drug-likeness (QED) is 0.823. The molecule has 0 saturated carbocycles. The van der Waals surface area contributed by atoms with Crippen molar-refractivity contribution in [3.05, 3.63) is 58.1 Å². The largest absolute Gasteiger partial charge is 0.481 e. The molecule has 3 rings (SSSR count). The number of anilines is 1. The molecule has 1 heterocycles. The molecule has 0 fully saturated rings. The van der Waals surface area contributed by atoms with E-state index in [2.05, 4.69) is 10.6 Å². The molecule has 0 saturated heterocycles. The number of imide groups is 1. The summed E-state index contributed by atoms with van der Waals surface area (Å²) in [5, 5.41) is 5.47. The van der Waals surface area contributed by atoms with Gasteiger partial charge in [0.25, 0.3) is 17.7 Å². The Hall–Kier alpha value is -2.86. The molecule has 128 valence electrons. The fraction of sp³-hybridized carbons (Fsp3) is 0.167. The fourth-order valence-electron chi connectivity index (χ4n) is 2.48. The van der Waals surface area contributed by atoms with Crippen molar-refractivity contribution in [2.45, 2.75) is 20.0 Å². The number of nitrogens with one attached hydrogen (secondary N) is 2. The number of hydrogen-bond acceptors (Lipinski definition) is 4. The molecule has 0 spiro atoms. The van der Waals surface area contributed by atoms with Crippen LogP contribution in [0, 0.1) is 6.92 Å². The molecule has 1 aliphatic heterocycles. The summed E-state index contributed by atoms with van der Waals surface area (Å²) in [5.41, 5.74) is 1.77. The van der Waals surface area contributed by atoms with Crippen LogP contribution in [0.4, 0.5) is 5.69 Å². The molecule has 2 N–H and O–H groups in total. The van der Waals surface area contributed by atoms with Crippen LogP contribution in [-0.4, -0.2) is 23.8 Å². The van der Waals surface area contributed by atoms with Crippen LogP contribution >= 0.6 is 11.6 Å². The average Bonchev–Trinajstić information content (AvgIpc) is 2.84. The lowest BCUT2D eigenvalue weighted by Crippen LogP contribution is -2.30. The summed E-state index contributed by atoms with van der Waals surface area (Å²) >= 11 is 5.90. The molecule has 6 nitrogen and oxygen atoms in total. The Labute approximate surface area is 149 Å². The van der Waals surface area contributed by atoms with Crippen LogP contribution in [0.1, 0.15) is 33.2 Å². The van der Waals surface area contributed by atoms with E-state index < -0.39 is 17.9 Å². The highest BCUT2D eigenvalue weighted by Gasteiger charge is 2.27. The number of carbonyl (C=O) groups excluding carboxylic acids is 3. The van der Waals surface area contributed by atoms with Gasteiger partial charge in [-0.15, -0.1) is 0 Å². The molecule has 7 heteroatoms. The van der Waals surface area contributed by atoms with E-state index in [1.54, 1.807) is 31.2 Å². The van der Waals surface area contributed by atoms with Gasteiger partial charge in [-0.2, -0.15) is 0 Å². The van der Waals surface area contributed by atoms with Crippen LogP contribution in [0.3, 0.4) is 0 Å². The lowest BCUT2D eigenvalue weighted by Gasteiger charge is -2.16. The van der Waals surface area contributed by atoms with Crippen LogP contribution in [0.25, 0.3) is 0 Å². The molecule has 0 aromatic heterocycles. The van der Waals surface area contributed by atoms with Crippen LogP contribution < -0.4 is 15.4 Å². The molecule has 1 unspecified atom stereocenters. The normalized spacial score (nSPS) is 13.9. The van der Waals surface area contributed by atoms with Gasteiger partial charge in [0.2, 0.25) is 0 Å². The number of rotatable bonds is 4. The predicted molar refractivity (Wildman–Crippen MR) is 93.1 cm³/mol. The first-order valence-corrected chi connectivity index (χ1v) is 7.96. The van der Waals surface area contributed by atoms with Crippen molar-refractivity contribution in [1.82, 2.24) is 5.32 Å². The number of benzene rings is 2. The first-order chi connectivity index (χ1) is 11.8. The molecule has 2 aromatic carbocycles. The van der Waals surface area contributed by atoms with E-state index in [0.29, 0.717) is 22.0 Å². The maximum Gasteiger partial charge on any atom is 0.265 e. The zero-order valence-corrected chi connectivity index (χ0v) is 14.3. The van der Waals surface area contributed by atoms with Crippen molar-refractivity contribution in [3.8, 4) is 5.75 Å². The summed E-state index contributed by atoms with van der Waals surface area (Å²) in [6.45, 7) is 3.45. The lowest BCUT2D eigenvalue weighted by atomic mass is 10.1. The van der Waals surface area contributed by atoms with Gasteiger partial charge in [-0.25, -0.2) is 0 Å². The Morgan fingerprint density at radius 3 is 2.56 bits per heavy atom. The summed E-state index contributed by atoms with van der Waals surface area (Å²) in [6.07, 6.45) is -0.761. The van der Waals surface area contributed by atoms with Crippen molar-refractivity contribution < 1.29 is 19.1 Å². The van der Waals surface area contributed by atoms with Crippen molar-refractivity contribution >= 4 is 35.0 Å². The molecule has 0 radical (unpaired) electrons. The maximum absolute atomic E-state index is 12.3. The molecular formula is C18H15ClN2O4. The smallest absolute Gasteiger partial charge is 0.265 e. The summed E-state index contributed by atoms with van der Waals surface area (Å²) in [5.74, 6) is -0.727. The van der Waals surface area contributed by atoms with Gasteiger partial charge in [-0.1, -0.05) is 11.6 Å². The van der Waals surface area contributed by atoms with Crippen molar-refractivity contribution in [2.24, 2.45) is 0 Å². The molecule has 1 aliphatic rings. The Balaban J connectivity index is 1.71. The van der Waals surface area contributed by atoms with Crippen LogP contribution in [0.15, 0.2) is 36.4 Å². The number of amides is 3. The Morgan fingerprint density at radius 2 is 1.84 bits per heavy atom. The first-order valence-electron chi connectivity index (χ1n) is 7.58. The van der Waals surface area contributed by atoms with E-state index in [1.807, 2.05) is 6.92 Å². The Bertz CT molecular complexity index is 895. The number of carbonyl (C=O) groups is 3. The number of aryl methyl sites for hydroxylation is 1. The molecule has 25 heavy (non-hydrogen) atoms. The third-order valence-corrected chi connectivity index (χ3v) is 4.05. The van der Waals surface area contributed by atoms with Gasteiger partial charge in [-0.05, 0) is 55.8 Å². The Morgan fingerprint density at radius 1 is 1.12 bits per heavy atom. The van der Waals surface area contributed by atoms with Gasteiger partial charge in [0, 0.05) is 10.7 Å². The second-order valence-electron chi connectivity index (χ2n) is 5.70. The third kappa shape index (κ3) is 3.49. The van der Waals surface area contributed by atoms with Crippen LogP contribution in [-0.2, 0) is 4.79 Å². The highest BCUT2D eigenvalue weighted by atomic mass is 35.5. The average molecular weight is 359 g/mol. The van der Waals surface area contributed by atoms with E-state index in [1.165, 1.54) is 12.1 Å². The van der Waals surface area contributed by atoms with Gasteiger partial charge in [0.05, 0.1) is 11.1 Å². The number of ether oxygens (including phenoxy) is 1. The highest BCUT2D eigenvalue weighted by molar-refractivity contribution is 6.30. The lowest BCUT2D eigenvalue weighted by molar-refractivity contribution is -0.122. The third-order valence-electron chi connectivity index (χ3n) is 3.81. The van der Waals surface area contributed by atoms with Gasteiger partial charge < -0.3 is 10.1 Å². The molecule has 1 atom stereocenters. The summed E-state index contributed by atoms with van der Waals surface area (Å²) in [6, 6.07) is 9.66. The monoisotopic (exact) mass is 358 g/mol. The SMILES string of the molecule is Cc1cc(Cl)ccc1OC(C)C(=O)Nc1ccc2c(c1)C(=O)NC2=O. The number of fused-ring (bicyclic) bond motifs is 1. The van der Waals surface area contributed by atoms with Crippen molar-refractivity contribution in [1.29, 1.82) is 0 Å². The minimum Gasteiger partial charge on any atom is -0.481 e. The van der Waals surface area contributed by atoms with Gasteiger partial charge >= 0.3 is 0 Å². The first kappa shape index (κ1) is 17.0. The standard InChI is InChI=1S/C18H15ClN2O4/c1-9-7-11(19)3-6-15(9)25-10(2)16(22)20-12-4-5-13-14(8-12)18(24)21-17(13)23/h3-8,10H,1-2H3,(H,20,22)(H,21,23,24). The zero-order chi connectivity index (χ0) is 18.1. The van der Waals surface area contributed by atoms with E-state index >= 15 is 0 Å². The van der Waals surface area contributed by atoms with E-state index in [4.69, 9.17) is 16.3 Å². The van der Waals surface area contributed by atoms with E-state index in [-0.39, 0.29) is 11.5 Å². The molecular weight excluding hydrogens is 344 g/mol. The molecule has 0 aliphatic carbocycles. The van der Waals surface area contributed by atoms with Crippen molar-refractivity contribution in [2.75, 3.05) is 5.32 Å². The maximum atomic E-state index is 12.3. The predicted octanol–water partition coefficient (Wildman–Crippen LogP) is 2.94. The minimum atomic E-state index is -0.761.